The molecule has 32 heavy (non-hydrogen) atoms. The molecule has 0 bridgehead atoms. The van der Waals surface area contributed by atoms with Gasteiger partial charge in [-0.1, -0.05) is 50.2 Å². The molecule has 0 fully saturated rings. The van der Waals surface area contributed by atoms with Crippen LogP contribution in [0.3, 0.4) is 0 Å². The van der Waals surface area contributed by atoms with Crippen molar-refractivity contribution in [3.05, 3.63) is 89.0 Å². The van der Waals surface area contributed by atoms with E-state index in [1.807, 2.05) is 38.1 Å². The van der Waals surface area contributed by atoms with Crippen LogP contribution in [0, 0.1) is 20.8 Å². The molecule has 3 aromatic rings. The molecule has 6 heteroatoms. The minimum absolute atomic E-state index is 0.0476. The first kappa shape index (κ1) is 23.5. The van der Waals surface area contributed by atoms with Gasteiger partial charge in [-0.05, 0) is 79.3 Å². The van der Waals surface area contributed by atoms with Gasteiger partial charge in [-0.15, -0.1) is 0 Å². The highest BCUT2D eigenvalue weighted by Crippen LogP contribution is 2.29. The van der Waals surface area contributed by atoms with Gasteiger partial charge in [-0.2, -0.15) is 4.31 Å². The minimum atomic E-state index is -4.12. The number of hydrogen-bond donors (Lipinski definition) is 0. The molecule has 3 aromatic carbocycles. The number of sulfonamides is 1. The van der Waals surface area contributed by atoms with Crippen molar-refractivity contribution in [3.8, 4) is 5.75 Å². The summed E-state index contributed by atoms with van der Waals surface area (Å²) in [5, 5.41) is 0. The summed E-state index contributed by atoms with van der Waals surface area (Å²) in [7, 11) is -4.12. The van der Waals surface area contributed by atoms with Gasteiger partial charge < -0.3 is 4.74 Å². The van der Waals surface area contributed by atoms with Crippen molar-refractivity contribution in [1.29, 1.82) is 0 Å². The van der Waals surface area contributed by atoms with Gasteiger partial charge in [-0.25, -0.2) is 8.42 Å². The van der Waals surface area contributed by atoms with Gasteiger partial charge in [0.25, 0.3) is 15.9 Å². The maximum atomic E-state index is 13.5. The van der Waals surface area contributed by atoms with Crippen molar-refractivity contribution in [2.75, 3.05) is 10.9 Å². The number of rotatable bonds is 7. The van der Waals surface area contributed by atoms with E-state index in [1.54, 1.807) is 37.3 Å². The van der Waals surface area contributed by atoms with Crippen LogP contribution in [0.15, 0.2) is 71.6 Å². The van der Waals surface area contributed by atoms with Crippen molar-refractivity contribution in [1.82, 2.24) is 0 Å². The third-order valence-electron chi connectivity index (χ3n) is 5.32. The third-order valence-corrected chi connectivity index (χ3v) is 7.07. The molecule has 3 rings (SSSR count). The molecule has 0 aliphatic rings. The normalized spacial score (nSPS) is 11.4. The summed E-state index contributed by atoms with van der Waals surface area (Å²) in [4.78, 5) is 13.3. The number of nitrogens with zero attached hydrogens (tertiary/aromatic N) is 1. The number of hydrogen-bond acceptors (Lipinski definition) is 4. The monoisotopic (exact) mass is 451 g/mol. The fraction of sp³-hybridized carbons (Fsp3) is 0.269. The molecule has 0 N–H and O–H groups in total. The van der Waals surface area contributed by atoms with Crippen molar-refractivity contribution in [2.24, 2.45) is 0 Å². The quantitative estimate of drug-likeness (QED) is 0.473. The summed E-state index contributed by atoms with van der Waals surface area (Å²) in [5.74, 6) is 0.243. The van der Waals surface area contributed by atoms with E-state index in [2.05, 4.69) is 13.8 Å². The van der Waals surface area contributed by atoms with Gasteiger partial charge in [0.1, 0.15) is 5.75 Å². The van der Waals surface area contributed by atoms with Crippen LogP contribution >= 0.6 is 0 Å². The molecule has 0 radical (unpaired) electrons. The number of amides is 1. The van der Waals surface area contributed by atoms with Crippen LogP contribution < -0.4 is 9.04 Å². The average molecular weight is 452 g/mol. The molecular formula is C26H29NO4S. The molecule has 0 spiro atoms. The summed E-state index contributed by atoms with van der Waals surface area (Å²) >= 11 is 0. The van der Waals surface area contributed by atoms with Gasteiger partial charge in [0.2, 0.25) is 0 Å². The van der Waals surface area contributed by atoms with E-state index < -0.39 is 22.5 Å². The lowest BCUT2D eigenvalue weighted by Crippen LogP contribution is -2.40. The SMILES string of the molecule is Cc1ccc(C)c(N(C(=O)COc2ccc(C(C)C)c(C)c2)S(=O)(=O)c2ccccc2)c1. The summed E-state index contributed by atoms with van der Waals surface area (Å²) < 4.78 is 33.5. The van der Waals surface area contributed by atoms with Crippen molar-refractivity contribution in [3.63, 3.8) is 0 Å². The van der Waals surface area contributed by atoms with Gasteiger partial charge in [0.15, 0.2) is 6.61 Å². The Bertz CT molecular complexity index is 1220. The number of carbonyl (C=O) groups excluding carboxylic acids is 1. The first-order valence-electron chi connectivity index (χ1n) is 10.5. The Kier molecular flexibility index (Phi) is 7.04. The maximum absolute atomic E-state index is 13.5. The molecule has 0 unspecified atom stereocenters. The molecule has 0 saturated carbocycles. The summed E-state index contributed by atoms with van der Waals surface area (Å²) in [5.41, 5.74) is 4.13. The Morgan fingerprint density at radius 1 is 0.906 bits per heavy atom. The standard InChI is InChI=1S/C26H29NO4S/c1-18(2)24-14-13-22(16-21(24)5)31-17-26(28)27(25-15-19(3)11-12-20(25)4)32(29,30)23-9-7-6-8-10-23/h6-16,18H,17H2,1-5H3. The van der Waals surface area contributed by atoms with Crippen molar-refractivity contribution >= 4 is 21.6 Å². The number of anilines is 1. The highest BCUT2D eigenvalue weighted by Gasteiger charge is 2.32. The summed E-state index contributed by atoms with van der Waals surface area (Å²) in [6.45, 7) is 9.46. The van der Waals surface area contributed by atoms with E-state index in [9.17, 15) is 13.2 Å². The molecule has 168 valence electrons. The molecule has 0 aromatic heterocycles. The van der Waals surface area contributed by atoms with Crippen molar-refractivity contribution < 1.29 is 17.9 Å². The second kappa shape index (κ2) is 9.57. The third kappa shape index (κ3) is 5.02. The number of aryl methyl sites for hydroxylation is 3. The van der Waals surface area contributed by atoms with E-state index >= 15 is 0 Å². The fourth-order valence-electron chi connectivity index (χ4n) is 3.62. The molecule has 0 saturated heterocycles. The number of carbonyl (C=O) groups is 1. The highest BCUT2D eigenvalue weighted by molar-refractivity contribution is 7.93. The Morgan fingerprint density at radius 2 is 1.59 bits per heavy atom. The first-order chi connectivity index (χ1) is 15.1. The van der Waals surface area contributed by atoms with Crippen LogP contribution in [0.2, 0.25) is 0 Å². The molecule has 0 heterocycles. The number of ether oxygens (including phenoxy) is 1. The van der Waals surface area contributed by atoms with Crippen molar-refractivity contribution in [2.45, 2.75) is 45.4 Å². The van der Waals surface area contributed by atoms with Crippen LogP contribution in [-0.2, 0) is 14.8 Å². The largest absolute Gasteiger partial charge is 0.484 e. The fourth-order valence-corrected chi connectivity index (χ4v) is 5.11. The van der Waals surface area contributed by atoms with E-state index in [0.717, 1.165) is 15.4 Å². The molecular weight excluding hydrogens is 422 g/mol. The summed E-state index contributed by atoms with van der Waals surface area (Å²) in [6, 6.07) is 19.0. The topological polar surface area (TPSA) is 63.7 Å². The lowest BCUT2D eigenvalue weighted by atomic mass is 9.98. The zero-order chi connectivity index (χ0) is 23.5. The van der Waals surface area contributed by atoms with Crippen LogP contribution in [0.25, 0.3) is 0 Å². The van der Waals surface area contributed by atoms with Crippen LogP contribution in [-0.4, -0.2) is 20.9 Å². The summed E-state index contributed by atoms with van der Waals surface area (Å²) in [6.07, 6.45) is 0. The highest BCUT2D eigenvalue weighted by atomic mass is 32.2. The second-order valence-corrected chi connectivity index (χ2v) is 10.0. The smallest absolute Gasteiger partial charge is 0.278 e. The van der Waals surface area contributed by atoms with Crippen LogP contribution in [0.4, 0.5) is 5.69 Å². The first-order valence-corrected chi connectivity index (χ1v) is 12.0. The lowest BCUT2D eigenvalue weighted by molar-refractivity contribution is -0.119. The van der Waals surface area contributed by atoms with E-state index in [4.69, 9.17) is 4.74 Å². The Labute approximate surface area is 190 Å². The number of benzene rings is 3. The Hall–Kier alpha value is -3.12. The molecule has 1 amide bonds. The molecule has 5 nitrogen and oxygen atoms in total. The average Bonchev–Trinajstić information content (AvgIpc) is 2.75. The van der Waals surface area contributed by atoms with Gasteiger partial charge in [0.05, 0.1) is 10.6 Å². The predicted molar refractivity (Wildman–Crippen MR) is 128 cm³/mol. The van der Waals surface area contributed by atoms with Gasteiger partial charge in [-0.3, -0.25) is 4.79 Å². The lowest BCUT2D eigenvalue weighted by Gasteiger charge is -2.25. The van der Waals surface area contributed by atoms with E-state index in [-0.39, 0.29) is 4.90 Å². The van der Waals surface area contributed by atoms with E-state index in [0.29, 0.717) is 22.9 Å². The molecule has 0 aliphatic carbocycles. The van der Waals surface area contributed by atoms with E-state index in [1.165, 1.54) is 17.7 Å². The Morgan fingerprint density at radius 3 is 2.22 bits per heavy atom. The van der Waals surface area contributed by atoms with Crippen LogP contribution in [0.5, 0.6) is 5.75 Å². The second-order valence-electron chi connectivity index (χ2n) is 8.23. The zero-order valence-corrected chi connectivity index (χ0v) is 19.9. The molecule has 0 aliphatic heterocycles. The zero-order valence-electron chi connectivity index (χ0n) is 19.1. The predicted octanol–water partition coefficient (Wildman–Crippen LogP) is 5.54. The Balaban J connectivity index is 1.96. The maximum Gasteiger partial charge on any atom is 0.278 e. The van der Waals surface area contributed by atoms with Gasteiger partial charge in [0, 0.05) is 0 Å². The minimum Gasteiger partial charge on any atom is -0.484 e. The molecule has 0 atom stereocenters. The van der Waals surface area contributed by atoms with Crippen LogP contribution in [0.1, 0.15) is 42.0 Å². The van der Waals surface area contributed by atoms with Gasteiger partial charge >= 0.3 is 0 Å².